The van der Waals surface area contributed by atoms with Gasteiger partial charge in [0.15, 0.2) is 6.61 Å². The number of amides is 1. The first-order chi connectivity index (χ1) is 11.1. The molecule has 2 fully saturated rings. The molecule has 1 heterocycles. The molecule has 0 radical (unpaired) electrons. The van der Waals surface area contributed by atoms with Crippen LogP contribution in [0.2, 0.25) is 5.02 Å². The Hall–Kier alpha value is -0.740. The summed E-state index contributed by atoms with van der Waals surface area (Å²) in [5.41, 5.74) is 1.47. The largest absolute Gasteiger partial charge is 0.482 e. The van der Waals surface area contributed by atoms with Gasteiger partial charge in [0.2, 0.25) is 0 Å². The van der Waals surface area contributed by atoms with E-state index in [1.165, 1.54) is 6.42 Å². The molecule has 5 heteroatoms. The highest BCUT2D eigenvalue weighted by atomic mass is 79.9. The summed E-state index contributed by atoms with van der Waals surface area (Å²) in [5, 5.41) is 0.530. The van der Waals surface area contributed by atoms with Crippen molar-refractivity contribution in [3.05, 3.63) is 27.2 Å². The van der Waals surface area contributed by atoms with E-state index >= 15 is 0 Å². The molecule has 0 aromatic heterocycles. The fourth-order valence-corrected chi connectivity index (χ4v) is 5.87. The molecule has 1 amide bonds. The zero-order chi connectivity index (χ0) is 17.7. The second kappa shape index (κ2) is 6.21. The van der Waals surface area contributed by atoms with Crippen LogP contribution in [0, 0.1) is 17.8 Å². The fourth-order valence-electron chi connectivity index (χ4n) is 4.84. The number of hydrogen-bond acceptors (Lipinski definition) is 2. The molecule has 132 valence electrons. The summed E-state index contributed by atoms with van der Waals surface area (Å²) in [6.45, 7) is 9.76. The van der Waals surface area contributed by atoms with Gasteiger partial charge >= 0.3 is 0 Å². The number of ether oxygens (including phenoxy) is 1. The van der Waals surface area contributed by atoms with Crippen molar-refractivity contribution in [3.63, 3.8) is 0 Å². The number of benzene rings is 1. The summed E-state index contributed by atoms with van der Waals surface area (Å²) in [6.07, 6.45) is 3.37. The maximum absolute atomic E-state index is 12.8. The predicted octanol–water partition coefficient (Wildman–Crippen LogP) is 5.22. The first-order valence-corrected chi connectivity index (χ1v) is 9.64. The lowest BCUT2D eigenvalue weighted by Crippen LogP contribution is -2.40. The molecule has 24 heavy (non-hydrogen) atoms. The van der Waals surface area contributed by atoms with Crippen molar-refractivity contribution >= 4 is 33.4 Å². The van der Waals surface area contributed by atoms with Crippen LogP contribution in [0.15, 0.2) is 16.6 Å². The summed E-state index contributed by atoms with van der Waals surface area (Å²) >= 11 is 9.66. The Morgan fingerprint density at radius 2 is 2.08 bits per heavy atom. The average molecular weight is 415 g/mol. The molecular weight excluding hydrogens is 390 g/mol. The Kier molecular flexibility index (Phi) is 4.67. The number of fused-ring (bicyclic) bond motifs is 2. The number of likely N-dealkylation sites (tertiary alicyclic amines) is 1. The molecule has 1 aliphatic heterocycles. The molecule has 2 bridgehead atoms. The maximum atomic E-state index is 12.8. The highest BCUT2D eigenvalue weighted by molar-refractivity contribution is 9.10. The third-order valence-electron chi connectivity index (χ3n) is 5.27. The van der Waals surface area contributed by atoms with Crippen LogP contribution in [0.25, 0.3) is 0 Å². The van der Waals surface area contributed by atoms with Crippen molar-refractivity contribution in [2.24, 2.45) is 10.8 Å². The number of aryl methyl sites for hydroxylation is 1. The van der Waals surface area contributed by atoms with Crippen LogP contribution in [0.4, 0.5) is 0 Å². The molecular formula is C19H25BrClNO2. The minimum absolute atomic E-state index is 0.0508. The molecule has 0 unspecified atom stereocenters. The zero-order valence-corrected chi connectivity index (χ0v) is 17.1. The van der Waals surface area contributed by atoms with Gasteiger partial charge in [-0.25, -0.2) is 0 Å². The second-order valence-corrected chi connectivity index (χ2v) is 9.88. The zero-order valence-electron chi connectivity index (χ0n) is 14.8. The monoisotopic (exact) mass is 413 g/mol. The van der Waals surface area contributed by atoms with Crippen LogP contribution in [-0.4, -0.2) is 30.0 Å². The van der Waals surface area contributed by atoms with Gasteiger partial charge in [0, 0.05) is 17.1 Å². The van der Waals surface area contributed by atoms with Crippen molar-refractivity contribution in [2.75, 3.05) is 13.2 Å². The van der Waals surface area contributed by atoms with E-state index in [1.54, 1.807) is 6.07 Å². The number of carbonyl (C=O) groups is 1. The number of hydrogen-bond donors (Lipinski definition) is 0. The smallest absolute Gasteiger partial charge is 0.260 e. The maximum Gasteiger partial charge on any atom is 0.260 e. The second-order valence-electron chi connectivity index (χ2n) is 8.56. The molecule has 0 spiro atoms. The highest BCUT2D eigenvalue weighted by Gasteiger charge is 2.50. The van der Waals surface area contributed by atoms with Crippen molar-refractivity contribution in [1.29, 1.82) is 0 Å². The number of carbonyl (C=O) groups excluding carboxylic acids is 1. The van der Waals surface area contributed by atoms with E-state index in [2.05, 4.69) is 36.7 Å². The molecule has 1 aromatic rings. The SMILES string of the molecule is Cc1cc(Br)cc(Cl)c1OCC(=O)N1C[C@@]2(C)C[C@@H]1CC(C)(C)C2. The lowest BCUT2D eigenvalue weighted by atomic mass is 9.65. The Bertz CT molecular complexity index is 652. The van der Waals surface area contributed by atoms with E-state index in [1.807, 2.05) is 17.9 Å². The van der Waals surface area contributed by atoms with Crippen LogP contribution >= 0.6 is 27.5 Å². The lowest BCUT2D eigenvalue weighted by Gasteiger charge is -2.39. The minimum atomic E-state index is 0.0508. The lowest BCUT2D eigenvalue weighted by molar-refractivity contribution is -0.134. The van der Waals surface area contributed by atoms with Crippen molar-refractivity contribution in [1.82, 2.24) is 4.90 Å². The van der Waals surface area contributed by atoms with Gasteiger partial charge in [-0.15, -0.1) is 0 Å². The van der Waals surface area contributed by atoms with Crippen molar-refractivity contribution in [2.45, 2.75) is 53.0 Å². The van der Waals surface area contributed by atoms with Gasteiger partial charge < -0.3 is 9.64 Å². The van der Waals surface area contributed by atoms with Crippen LogP contribution in [-0.2, 0) is 4.79 Å². The van der Waals surface area contributed by atoms with Gasteiger partial charge in [0.05, 0.1) is 5.02 Å². The Morgan fingerprint density at radius 1 is 1.38 bits per heavy atom. The standard InChI is InChI=1S/C19H25BrClNO2/c1-12-5-13(20)6-15(21)17(12)24-9-16(23)22-11-19(4)8-14(22)7-18(2,3)10-19/h5-6,14H,7-11H2,1-4H3/t14-,19-/m0/s1. The van der Waals surface area contributed by atoms with Crippen molar-refractivity contribution in [3.8, 4) is 5.75 Å². The normalized spacial score (nSPS) is 28.1. The van der Waals surface area contributed by atoms with Crippen LogP contribution in [0.5, 0.6) is 5.75 Å². The summed E-state index contributed by atoms with van der Waals surface area (Å²) in [6, 6.07) is 4.08. The van der Waals surface area contributed by atoms with E-state index in [0.29, 0.717) is 22.2 Å². The molecule has 2 atom stereocenters. The molecule has 1 aliphatic carbocycles. The molecule has 1 saturated heterocycles. The number of halogens is 2. The van der Waals surface area contributed by atoms with Crippen LogP contribution < -0.4 is 4.74 Å². The Labute approximate surface area is 157 Å². The van der Waals surface area contributed by atoms with Gasteiger partial charge in [-0.3, -0.25) is 4.79 Å². The number of rotatable bonds is 3. The van der Waals surface area contributed by atoms with E-state index in [4.69, 9.17) is 16.3 Å². The summed E-state index contributed by atoms with van der Waals surface area (Å²) in [5.74, 6) is 0.668. The minimum Gasteiger partial charge on any atom is -0.482 e. The fraction of sp³-hybridized carbons (Fsp3) is 0.632. The topological polar surface area (TPSA) is 29.5 Å². The molecule has 2 aliphatic rings. The first kappa shape index (κ1) is 18.1. The predicted molar refractivity (Wildman–Crippen MR) is 101 cm³/mol. The number of nitrogens with zero attached hydrogens (tertiary/aromatic N) is 1. The van der Waals surface area contributed by atoms with Crippen LogP contribution in [0.3, 0.4) is 0 Å². The van der Waals surface area contributed by atoms with E-state index in [-0.39, 0.29) is 17.9 Å². The van der Waals surface area contributed by atoms with Crippen LogP contribution in [0.1, 0.15) is 45.6 Å². The van der Waals surface area contributed by atoms with Crippen molar-refractivity contribution < 1.29 is 9.53 Å². The van der Waals surface area contributed by atoms with Gasteiger partial charge in [0.1, 0.15) is 5.75 Å². The molecule has 0 N–H and O–H groups in total. The molecule has 3 rings (SSSR count). The molecule has 1 saturated carbocycles. The van der Waals surface area contributed by atoms with Gasteiger partial charge in [-0.05, 0) is 54.7 Å². The summed E-state index contributed by atoms with van der Waals surface area (Å²) < 4.78 is 6.70. The summed E-state index contributed by atoms with van der Waals surface area (Å²) in [4.78, 5) is 14.8. The average Bonchev–Trinajstić information content (AvgIpc) is 2.66. The summed E-state index contributed by atoms with van der Waals surface area (Å²) in [7, 11) is 0. The first-order valence-electron chi connectivity index (χ1n) is 8.47. The molecule has 3 nitrogen and oxygen atoms in total. The van der Waals surface area contributed by atoms with E-state index in [9.17, 15) is 4.79 Å². The van der Waals surface area contributed by atoms with E-state index < -0.39 is 0 Å². The van der Waals surface area contributed by atoms with Gasteiger partial charge in [-0.2, -0.15) is 0 Å². The highest BCUT2D eigenvalue weighted by Crippen LogP contribution is 2.52. The third kappa shape index (κ3) is 3.60. The van der Waals surface area contributed by atoms with Gasteiger partial charge in [-0.1, -0.05) is 48.3 Å². The molecule has 1 aromatic carbocycles. The third-order valence-corrected chi connectivity index (χ3v) is 6.01. The quantitative estimate of drug-likeness (QED) is 0.679. The van der Waals surface area contributed by atoms with E-state index in [0.717, 1.165) is 29.4 Å². The van der Waals surface area contributed by atoms with Gasteiger partial charge in [0.25, 0.3) is 5.91 Å². The Morgan fingerprint density at radius 3 is 2.75 bits per heavy atom. The Balaban J connectivity index is 1.69.